The van der Waals surface area contributed by atoms with Gasteiger partial charge in [-0.25, -0.2) is 0 Å². The van der Waals surface area contributed by atoms with Crippen LogP contribution >= 0.6 is 0 Å². The molecule has 0 radical (unpaired) electrons. The fourth-order valence-corrected chi connectivity index (χ4v) is 1.65. The van der Waals surface area contributed by atoms with Crippen molar-refractivity contribution in [3.05, 3.63) is 12.2 Å². The molecule has 1 rings (SSSR count). The molecule has 1 aliphatic rings. The second-order valence-electron chi connectivity index (χ2n) is 4.07. The van der Waals surface area contributed by atoms with Gasteiger partial charge in [0.2, 0.25) is 0 Å². The zero-order valence-corrected chi connectivity index (χ0v) is 10.1. The van der Waals surface area contributed by atoms with Crippen LogP contribution in [0.2, 0.25) is 0 Å². The van der Waals surface area contributed by atoms with Gasteiger partial charge in [-0.15, -0.1) is 0 Å². The van der Waals surface area contributed by atoms with Crippen LogP contribution in [0.5, 0.6) is 0 Å². The maximum atomic E-state index is 11.2. The molecule has 0 amide bonds. The largest absolute Gasteiger partial charge is 0.353 e. The van der Waals surface area contributed by atoms with Gasteiger partial charge in [-0.2, -0.15) is 0 Å². The average Bonchev–Trinajstić information content (AvgIpc) is 2.30. The molecule has 0 aromatic carbocycles. The second-order valence-corrected chi connectivity index (χ2v) is 4.07. The Morgan fingerprint density at radius 2 is 2.38 bits per heavy atom. The monoisotopic (exact) mass is 226 g/mol. The van der Waals surface area contributed by atoms with Gasteiger partial charge in [0.15, 0.2) is 12.1 Å². The highest BCUT2D eigenvalue weighted by Gasteiger charge is 2.12. The Balaban J connectivity index is 2.00. The summed E-state index contributed by atoms with van der Waals surface area (Å²) in [5, 5.41) is 0. The van der Waals surface area contributed by atoms with Gasteiger partial charge >= 0.3 is 0 Å². The molecule has 0 aliphatic carbocycles. The van der Waals surface area contributed by atoms with Crippen molar-refractivity contribution in [2.75, 3.05) is 13.2 Å². The van der Waals surface area contributed by atoms with Crippen molar-refractivity contribution in [2.45, 2.75) is 51.7 Å². The Kier molecular flexibility index (Phi) is 7.10. The van der Waals surface area contributed by atoms with Crippen LogP contribution in [-0.2, 0) is 14.3 Å². The molecule has 3 heteroatoms. The van der Waals surface area contributed by atoms with Gasteiger partial charge in [0.1, 0.15) is 0 Å². The highest BCUT2D eigenvalue weighted by atomic mass is 16.7. The normalized spacial score (nSPS) is 21.4. The molecule has 1 unspecified atom stereocenters. The molecule has 0 saturated carbocycles. The third-order valence-electron chi connectivity index (χ3n) is 2.53. The number of hydrogen-bond donors (Lipinski definition) is 0. The molecule has 1 saturated heterocycles. The zero-order chi connectivity index (χ0) is 11.6. The molecule has 16 heavy (non-hydrogen) atoms. The van der Waals surface area contributed by atoms with Crippen LogP contribution in [0.4, 0.5) is 0 Å². The van der Waals surface area contributed by atoms with E-state index in [0.29, 0.717) is 13.0 Å². The van der Waals surface area contributed by atoms with Crippen molar-refractivity contribution < 1.29 is 14.3 Å². The van der Waals surface area contributed by atoms with Gasteiger partial charge in [0, 0.05) is 13.0 Å². The van der Waals surface area contributed by atoms with E-state index in [-0.39, 0.29) is 12.1 Å². The zero-order valence-electron chi connectivity index (χ0n) is 10.1. The van der Waals surface area contributed by atoms with Gasteiger partial charge in [0.25, 0.3) is 0 Å². The Morgan fingerprint density at radius 1 is 1.50 bits per heavy atom. The molecule has 1 fully saturated rings. The Labute approximate surface area is 97.8 Å². The second kappa shape index (κ2) is 8.48. The van der Waals surface area contributed by atoms with Gasteiger partial charge < -0.3 is 9.47 Å². The van der Waals surface area contributed by atoms with Crippen LogP contribution in [0.1, 0.15) is 45.4 Å². The highest BCUT2D eigenvalue weighted by molar-refractivity contribution is 5.89. The lowest BCUT2D eigenvalue weighted by Crippen LogP contribution is -2.22. The van der Waals surface area contributed by atoms with E-state index in [1.165, 1.54) is 6.42 Å². The van der Waals surface area contributed by atoms with Crippen LogP contribution in [-0.4, -0.2) is 25.3 Å². The molecule has 1 heterocycles. The molecule has 0 bridgehead atoms. The van der Waals surface area contributed by atoms with E-state index < -0.39 is 0 Å². The smallest absolute Gasteiger partial charge is 0.157 e. The first-order chi connectivity index (χ1) is 7.83. The van der Waals surface area contributed by atoms with E-state index >= 15 is 0 Å². The lowest BCUT2D eigenvalue weighted by Gasteiger charge is -2.22. The minimum atomic E-state index is -0.0199. The Hall–Kier alpha value is -0.670. The van der Waals surface area contributed by atoms with E-state index in [0.717, 1.165) is 32.3 Å². The molecule has 92 valence electrons. The summed E-state index contributed by atoms with van der Waals surface area (Å²) in [5.74, 6) is 0.205. The summed E-state index contributed by atoms with van der Waals surface area (Å²) >= 11 is 0. The van der Waals surface area contributed by atoms with E-state index in [2.05, 4.69) is 0 Å². The third kappa shape index (κ3) is 6.03. The summed E-state index contributed by atoms with van der Waals surface area (Å²) in [6.45, 7) is 3.46. The van der Waals surface area contributed by atoms with Gasteiger partial charge in [-0.05, 0) is 38.2 Å². The first-order valence-corrected chi connectivity index (χ1v) is 6.25. The third-order valence-corrected chi connectivity index (χ3v) is 2.53. The number of rotatable bonds is 7. The summed E-state index contributed by atoms with van der Waals surface area (Å²) < 4.78 is 11.0. The number of carbonyl (C=O) groups excluding carboxylic acids is 1. The summed E-state index contributed by atoms with van der Waals surface area (Å²) in [5.41, 5.74) is 0. The van der Waals surface area contributed by atoms with Gasteiger partial charge in [0.05, 0.1) is 6.61 Å². The van der Waals surface area contributed by atoms with Gasteiger partial charge in [-0.1, -0.05) is 13.0 Å². The quantitative estimate of drug-likeness (QED) is 0.494. The van der Waals surface area contributed by atoms with Crippen molar-refractivity contribution >= 4 is 5.78 Å². The molecule has 0 N–H and O–H groups in total. The molecular weight excluding hydrogens is 204 g/mol. The van der Waals surface area contributed by atoms with Crippen molar-refractivity contribution in [1.82, 2.24) is 0 Å². The van der Waals surface area contributed by atoms with Crippen molar-refractivity contribution in [3.8, 4) is 0 Å². The van der Waals surface area contributed by atoms with Crippen molar-refractivity contribution in [3.63, 3.8) is 0 Å². The minimum absolute atomic E-state index is 0.0199. The number of hydrogen-bond acceptors (Lipinski definition) is 3. The highest BCUT2D eigenvalue weighted by Crippen LogP contribution is 2.13. The Bertz CT molecular complexity index is 217. The number of allylic oxidation sites excluding steroid dienone is 1. The Morgan fingerprint density at radius 3 is 3.06 bits per heavy atom. The topological polar surface area (TPSA) is 35.5 Å². The number of ether oxygens (including phenoxy) is 2. The maximum Gasteiger partial charge on any atom is 0.157 e. The van der Waals surface area contributed by atoms with Crippen molar-refractivity contribution in [2.24, 2.45) is 0 Å². The molecule has 0 spiro atoms. The summed E-state index contributed by atoms with van der Waals surface area (Å²) in [6, 6.07) is 0. The van der Waals surface area contributed by atoms with Crippen LogP contribution < -0.4 is 0 Å². The lowest BCUT2D eigenvalue weighted by atomic mass is 10.2. The predicted molar refractivity (Wildman–Crippen MR) is 63.2 cm³/mol. The maximum absolute atomic E-state index is 11.2. The minimum Gasteiger partial charge on any atom is -0.353 e. The predicted octanol–water partition coefficient (Wildman–Crippen LogP) is 2.85. The van der Waals surface area contributed by atoms with Crippen LogP contribution in [0.25, 0.3) is 0 Å². The molecule has 1 atom stereocenters. The van der Waals surface area contributed by atoms with E-state index in [1.54, 1.807) is 6.08 Å². The molecular formula is C13H22O3. The van der Waals surface area contributed by atoms with Crippen molar-refractivity contribution in [1.29, 1.82) is 0 Å². The first-order valence-electron chi connectivity index (χ1n) is 6.25. The summed E-state index contributed by atoms with van der Waals surface area (Å²) in [4.78, 5) is 11.2. The molecule has 1 aliphatic heterocycles. The van der Waals surface area contributed by atoms with E-state index in [4.69, 9.17) is 9.47 Å². The fourth-order valence-electron chi connectivity index (χ4n) is 1.65. The fraction of sp³-hybridized carbons (Fsp3) is 0.769. The molecule has 0 aromatic rings. The standard InChI is InChI=1S/C13H22O3/c1-2-7-12(14)8-3-5-10-15-13-9-4-6-11-16-13/h3,8,13H,2,4-7,9-11H2,1H3. The lowest BCUT2D eigenvalue weighted by molar-refractivity contribution is -0.161. The van der Waals surface area contributed by atoms with Crippen LogP contribution in [0.15, 0.2) is 12.2 Å². The number of ketones is 1. The summed E-state index contributed by atoms with van der Waals surface area (Å²) in [6.07, 6.45) is 9.20. The average molecular weight is 226 g/mol. The molecule has 3 nitrogen and oxygen atoms in total. The molecule has 0 aromatic heterocycles. The van der Waals surface area contributed by atoms with E-state index in [1.807, 2.05) is 13.0 Å². The number of carbonyl (C=O) groups is 1. The van der Waals surface area contributed by atoms with Gasteiger partial charge in [-0.3, -0.25) is 4.79 Å². The summed E-state index contributed by atoms with van der Waals surface area (Å²) in [7, 11) is 0. The van der Waals surface area contributed by atoms with Crippen LogP contribution in [0, 0.1) is 0 Å². The SMILES string of the molecule is CCCC(=O)C=CCCOC1CCCCO1. The van der Waals surface area contributed by atoms with E-state index in [9.17, 15) is 4.79 Å². The van der Waals surface area contributed by atoms with Crippen LogP contribution in [0.3, 0.4) is 0 Å². The first kappa shape index (κ1) is 13.4.